The molecule has 0 aliphatic rings. The SMILES string of the molecule is CC(CCOc1ccccc1)C(=O)Nc1cscc1C(=O)O. The van der Waals surface area contributed by atoms with Crippen LogP contribution in [0.25, 0.3) is 0 Å². The van der Waals surface area contributed by atoms with Crippen LogP contribution in [0.1, 0.15) is 23.7 Å². The maximum atomic E-state index is 12.1. The summed E-state index contributed by atoms with van der Waals surface area (Å²) in [4.78, 5) is 23.1. The third-order valence-corrected chi connectivity index (χ3v) is 3.90. The number of rotatable bonds is 7. The van der Waals surface area contributed by atoms with E-state index in [0.717, 1.165) is 5.75 Å². The van der Waals surface area contributed by atoms with Crippen molar-refractivity contribution in [1.29, 1.82) is 0 Å². The Morgan fingerprint density at radius 2 is 2.00 bits per heavy atom. The van der Waals surface area contributed by atoms with Crippen molar-refractivity contribution in [2.45, 2.75) is 13.3 Å². The van der Waals surface area contributed by atoms with Gasteiger partial charge in [0.2, 0.25) is 5.91 Å². The second kappa shape index (κ2) is 7.61. The number of ether oxygens (including phenoxy) is 1. The third-order valence-electron chi connectivity index (χ3n) is 3.16. The summed E-state index contributed by atoms with van der Waals surface area (Å²) in [7, 11) is 0. The van der Waals surface area contributed by atoms with E-state index in [9.17, 15) is 9.59 Å². The Balaban J connectivity index is 1.82. The lowest BCUT2D eigenvalue weighted by molar-refractivity contribution is -0.119. The maximum absolute atomic E-state index is 12.1. The van der Waals surface area contributed by atoms with Crippen molar-refractivity contribution < 1.29 is 19.4 Å². The highest BCUT2D eigenvalue weighted by Crippen LogP contribution is 2.22. The molecule has 1 aromatic carbocycles. The molecule has 0 saturated carbocycles. The predicted molar refractivity (Wildman–Crippen MR) is 85.6 cm³/mol. The molecule has 116 valence electrons. The number of carboxylic acid groups (broad SMARTS) is 1. The molecule has 1 atom stereocenters. The number of thiophene rings is 1. The first-order valence-corrected chi connectivity index (χ1v) is 7.80. The van der Waals surface area contributed by atoms with Gasteiger partial charge < -0.3 is 15.2 Å². The molecule has 1 unspecified atom stereocenters. The smallest absolute Gasteiger partial charge is 0.338 e. The van der Waals surface area contributed by atoms with Gasteiger partial charge in [0.1, 0.15) is 5.75 Å². The molecule has 22 heavy (non-hydrogen) atoms. The number of hydrogen-bond donors (Lipinski definition) is 2. The van der Waals surface area contributed by atoms with Gasteiger partial charge in [-0.1, -0.05) is 25.1 Å². The zero-order valence-electron chi connectivity index (χ0n) is 12.1. The third kappa shape index (κ3) is 4.33. The van der Waals surface area contributed by atoms with Crippen LogP contribution in [0.5, 0.6) is 5.75 Å². The van der Waals surface area contributed by atoms with Crippen LogP contribution in [-0.2, 0) is 4.79 Å². The van der Waals surface area contributed by atoms with E-state index >= 15 is 0 Å². The van der Waals surface area contributed by atoms with E-state index in [1.807, 2.05) is 30.3 Å². The molecule has 6 heteroatoms. The monoisotopic (exact) mass is 319 g/mol. The lowest BCUT2D eigenvalue weighted by atomic mass is 10.1. The first-order chi connectivity index (χ1) is 10.6. The second-order valence-electron chi connectivity index (χ2n) is 4.84. The average molecular weight is 319 g/mol. The van der Waals surface area contributed by atoms with E-state index < -0.39 is 5.97 Å². The van der Waals surface area contributed by atoms with Crippen LogP contribution in [0, 0.1) is 5.92 Å². The summed E-state index contributed by atoms with van der Waals surface area (Å²) in [6, 6.07) is 9.39. The molecule has 0 saturated heterocycles. The van der Waals surface area contributed by atoms with Crippen LogP contribution in [0.3, 0.4) is 0 Å². The summed E-state index contributed by atoms with van der Waals surface area (Å²) in [6.07, 6.45) is 0.549. The largest absolute Gasteiger partial charge is 0.494 e. The predicted octanol–water partition coefficient (Wildman–Crippen LogP) is 3.49. The Kier molecular flexibility index (Phi) is 5.55. The molecule has 2 N–H and O–H groups in total. The van der Waals surface area contributed by atoms with E-state index in [1.54, 1.807) is 12.3 Å². The minimum absolute atomic E-state index is 0.117. The number of anilines is 1. The van der Waals surface area contributed by atoms with Crippen molar-refractivity contribution in [2.24, 2.45) is 5.92 Å². The van der Waals surface area contributed by atoms with Gasteiger partial charge in [-0.05, 0) is 18.6 Å². The van der Waals surface area contributed by atoms with Gasteiger partial charge >= 0.3 is 5.97 Å². The van der Waals surface area contributed by atoms with Crippen molar-refractivity contribution in [2.75, 3.05) is 11.9 Å². The molecule has 2 rings (SSSR count). The number of carbonyl (C=O) groups is 2. The number of aromatic carboxylic acids is 1. The van der Waals surface area contributed by atoms with Crippen LogP contribution < -0.4 is 10.1 Å². The average Bonchev–Trinajstić information content (AvgIpc) is 2.96. The normalized spacial score (nSPS) is 11.7. The molecule has 0 spiro atoms. The molecule has 0 fully saturated rings. The van der Waals surface area contributed by atoms with E-state index in [4.69, 9.17) is 9.84 Å². The lowest BCUT2D eigenvalue weighted by Gasteiger charge is -2.12. The van der Waals surface area contributed by atoms with Gasteiger partial charge in [0, 0.05) is 16.7 Å². The minimum atomic E-state index is -1.04. The van der Waals surface area contributed by atoms with E-state index in [1.165, 1.54) is 16.7 Å². The van der Waals surface area contributed by atoms with E-state index in [0.29, 0.717) is 18.7 Å². The van der Waals surface area contributed by atoms with Crippen LogP contribution >= 0.6 is 11.3 Å². The highest BCUT2D eigenvalue weighted by atomic mass is 32.1. The zero-order valence-corrected chi connectivity index (χ0v) is 12.9. The number of benzene rings is 1. The fourth-order valence-electron chi connectivity index (χ4n) is 1.82. The van der Waals surface area contributed by atoms with Crippen LogP contribution in [0.4, 0.5) is 5.69 Å². The number of nitrogens with one attached hydrogen (secondary N) is 1. The zero-order chi connectivity index (χ0) is 15.9. The Bertz CT molecular complexity index is 639. The fourth-order valence-corrected chi connectivity index (χ4v) is 2.57. The molecular weight excluding hydrogens is 302 g/mol. The molecule has 0 aliphatic carbocycles. The molecular formula is C16H17NO4S. The van der Waals surface area contributed by atoms with Crippen LogP contribution in [0.15, 0.2) is 41.1 Å². The van der Waals surface area contributed by atoms with Crippen LogP contribution in [-0.4, -0.2) is 23.6 Å². The van der Waals surface area contributed by atoms with E-state index in [-0.39, 0.29) is 17.4 Å². The highest BCUT2D eigenvalue weighted by Gasteiger charge is 2.17. The molecule has 2 aromatic rings. The van der Waals surface area contributed by atoms with Gasteiger partial charge in [0.15, 0.2) is 0 Å². The summed E-state index contributed by atoms with van der Waals surface area (Å²) in [5.41, 5.74) is 0.462. The number of hydrogen-bond acceptors (Lipinski definition) is 4. The van der Waals surface area contributed by atoms with Gasteiger partial charge in [-0.2, -0.15) is 0 Å². The second-order valence-corrected chi connectivity index (χ2v) is 5.59. The topological polar surface area (TPSA) is 75.6 Å². The first-order valence-electron chi connectivity index (χ1n) is 6.86. The maximum Gasteiger partial charge on any atom is 0.338 e. The molecule has 0 radical (unpaired) electrons. The first kappa shape index (κ1) is 16.0. The van der Waals surface area contributed by atoms with Crippen molar-refractivity contribution in [1.82, 2.24) is 0 Å². The standard InChI is InChI=1S/C16H17NO4S/c1-11(7-8-21-12-5-3-2-4-6-12)15(18)17-14-10-22-9-13(14)16(19)20/h2-6,9-11H,7-8H2,1H3,(H,17,18)(H,19,20). The Labute approximate surface area is 132 Å². The fraction of sp³-hybridized carbons (Fsp3) is 0.250. The summed E-state index contributed by atoms with van der Waals surface area (Å²) < 4.78 is 5.55. The van der Waals surface area contributed by atoms with Crippen molar-refractivity contribution in [3.63, 3.8) is 0 Å². The molecule has 1 amide bonds. The van der Waals surface area contributed by atoms with Crippen molar-refractivity contribution >= 4 is 28.9 Å². The summed E-state index contributed by atoms with van der Waals surface area (Å²) >= 11 is 1.24. The summed E-state index contributed by atoms with van der Waals surface area (Å²) in [6.45, 7) is 2.21. The Morgan fingerprint density at radius 1 is 1.27 bits per heavy atom. The van der Waals surface area contributed by atoms with Gasteiger partial charge in [-0.15, -0.1) is 11.3 Å². The van der Waals surface area contributed by atoms with Crippen molar-refractivity contribution in [3.05, 3.63) is 46.7 Å². The van der Waals surface area contributed by atoms with Crippen molar-refractivity contribution in [3.8, 4) is 5.75 Å². The summed E-state index contributed by atoms with van der Waals surface area (Å²) in [5, 5.41) is 14.8. The molecule has 1 aromatic heterocycles. The van der Waals surface area contributed by atoms with Crippen LogP contribution in [0.2, 0.25) is 0 Å². The molecule has 0 bridgehead atoms. The molecule has 1 heterocycles. The quantitative estimate of drug-likeness (QED) is 0.819. The van der Waals surface area contributed by atoms with Gasteiger partial charge in [0.05, 0.1) is 17.9 Å². The van der Waals surface area contributed by atoms with E-state index in [2.05, 4.69) is 5.32 Å². The Hall–Kier alpha value is -2.34. The number of carbonyl (C=O) groups excluding carboxylic acids is 1. The Morgan fingerprint density at radius 3 is 2.68 bits per heavy atom. The number of amides is 1. The van der Waals surface area contributed by atoms with Gasteiger partial charge in [-0.25, -0.2) is 4.79 Å². The minimum Gasteiger partial charge on any atom is -0.494 e. The molecule has 0 aliphatic heterocycles. The highest BCUT2D eigenvalue weighted by molar-refractivity contribution is 7.08. The number of para-hydroxylation sites is 1. The number of carboxylic acids is 1. The summed E-state index contributed by atoms with van der Waals surface area (Å²) in [5.74, 6) is -0.763. The van der Waals surface area contributed by atoms with Gasteiger partial charge in [-0.3, -0.25) is 4.79 Å². The van der Waals surface area contributed by atoms with Gasteiger partial charge in [0.25, 0.3) is 0 Å². The molecule has 5 nitrogen and oxygen atoms in total. The lowest BCUT2D eigenvalue weighted by Crippen LogP contribution is -2.22.